The molecule has 1 unspecified atom stereocenters. The predicted molar refractivity (Wildman–Crippen MR) is 48.4 cm³/mol. The maximum Gasteiger partial charge on any atom is 0.156 e. The smallest absolute Gasteiger partial charge is 0.156 e. The molecule has 0 radical (unpaired) electrons. The second-order valence-corrected chi connectivity index (χ2v) is 5.08. The lowest BCUT2D eigenvalue weighted by Gasteiger charge is -2.07. The fraction of sp³-hybridized carbons (Fsp3) is 0.750. The molecule has 0 heterocycles. The summed E-state index contributed by atoms with van der Waals surface area (Å²) in [5.41, 5.74) is 0. The first kappa shape index (κ1) is 10.7. The molecule has 66 valence electrons. The molecule has 1 atom stereocenters. The highest BCUT2D eigenvalue weighted by molar-refractivity contribution is 7.92. The van der Waals surface area contributed by atoms with Crippen molar-refractivity contribution >= 4 is 9.84 Å². The van der Waals surface area contributed by atoms with Gasteiger partial charge in [0, 0.05) is 0 Å². The van der Waals surface area contributed by atoms with Gasteiger partial charge < -0.3 is 0 Å². The standard InChI is InChI=1S/C8H16O2S/c1-4-6-7-11(9,10)8(3)5-2/h4,6,8H,5,7H2,1-3H3/b6-4+. The van der Waals surface area contributed by atoms with Gasteiger partial charge in [-0.25, -0.2) is 8.42 Å². The first-order chi connectivity index (χ1) is 5.04. The minimum atomic E-state index is -2.86. The summed E-state index contributed by atoms with van der Waals surface area (Å²) in [5, 5.41) is -0.210. The van der Waals surface area contributed by atoms with Gasteiger partial charge in [0.25, 0.3) is 0 Å². The minimum Gasteiger partial charge on any atom is -0.228 e. The Hall–Kier alpha value is -0.310. The Morgan fingerprint density at radius 2 is 2.00 bits per heavy atom. The molecule has 0 aliphatic heterocycles. The number of rotatable bonds is 4. The Bertz CT molecular complexity index is 214. The highest BCUT2D eigenvalue weighted by Gasteiger charge is 2.16. The van der Waals surface area contributed by atoms with E-state index in [-0.39, 0.29) is 11.0 Å². The van der Waals surface area contributed by atoms with Gasteiger partial charge in [-0.15, -0.1) is 0 Å². The molecule has 0 saturated heterocycles. The van der Waals surface area contributed by atoms with Gasteiger partial charge in [-0.2, -0.15) is 0 Å². The lowest BCUT2D eigenvalue weighted by atomic mass is 10.4. The van der Waals surface area contributed by atoms with Crippen LogP contribution in [0.2, 0.25) is 0 Å². The zero-order valence-electron chi connectivity index (χ0n) is 7.37. The summed E-state index contributed by atoms with van der Waals surface area (Å²) in [7, 11) is -2.86. The molecule has 0 aromatic heterocycles. The minimum absolute atomic E-state index is 0.179. The van der Waals surface area contributed by atoms with Crippen LogP contribution in [0.5, 0.6) is 0 Å². The van der Waals surface area contributed by atoms with E-state index >= 15 is 0 Å². The summed E-state index contributed by atoms with van der Waals surface area (Å²) >= 11 is 0. The molecule has 0 aliphatic carbocycles. The molecule has 0 fully saturated rings. The summed E-state index contributed by atoms with van der Waals surface area (Å²) in [6.07, 6.45) is 4.14. The third-order valence-corrected chi connectivity index (χ3v) is 3.97. The SMILES string of the molecule is C/C=C/CS(=O)(=O)C(C)CC. The van der Waals surface area contributed by atoms with Crippen LogP contribution >= 0.6 is 0 Å². The van der Waals surface area contributed by atoms with Crippen LogP contribution in [-0.2, 0) is 9.84 Å². The van der Waals surface area contributed by atoms with Gasteiger partial charge in [-0.3, -0.25) is 0 Å². The fourth-order valence-electron chi connectivity index (χ4n) is 0.649. The maximum absolute atomic E-state index is 11.3. The van der Waals surface area contributed by atoms with Crippen molar-refractivity contribution in [3.05, 3.63) is 12.2 Å². The summed E-state index contributed by atoms with van der Waals surface area (Å²) in [4.78, 5) is 0. The summed E-state index contributed by atoms with van der Waals surface area (Å²) in [6, 6.07) is 0. The largest absolute Gasteiger partial charge is 0.228 e. The van der Waals surface area contributed by atoms with Crippen LogP contribution in [-0.4, -0.2) is 19.4 Å². The number of hydrogen-bond donors (Lipinski definition) is 0. The lowest BCUT2D eigenvalue weighted by molar-refractivity contribution is 0.584. The van der Waals surface area contributed by atoms with Gasteiger partial charge in [-0.05, 0) is 20.3 Å². The van der Waals surface area contributed by atoms with Gasteiger partial charge in [-0.1, -0.05) is 19.1 Å². The summed E-state index contributed by atoms with van der Waals surface area (Å²) in [5.74, 6) is 0.179. The van der Waals surface area contributed by atoms with E-state index in [0.29, 0.717) is 6.42 Å². The molecule has 0 bridgehead atoms. The van der Waals surface area contributed by atoms with E-state index in [9.17, 15) is 8.42 Å². The van der Waals surface area contributed by atoms with Gasteiger partial charge in [0.1, 0.15) is 0 Å². The predicted octanol–water partition coefficient (Wildman–Crippen LogP) is 1.78. The van der Waals surface area contributed by atoms with Crippen LogP contribution in [0.4, 0.5) is 0 Å². The van der Waals surface area contributed by atoms with E-state index in [0.717, 1.165) is 0 Å². The molecule has 0 aromatic rings. The van der Waals surface area contributed by atoms with Crippen molar-refractivity contribution in [2.45, 2.75) is 32.4 Å². The molecular formula is C8H16O2S. The monoisotopic (exact) mass is 176 g/mol. The van der Waals surface area contributed by atoms with Crippen LogP contribution in [0, 0.1) is 0 Å². The van der Waals surface area contributed by atoms with Crippen LogP contribution in [0.15, 0.2) is 12.2 Å². The molecule has 3 heteroatoms. The third kappa shape index (κ3) is 3.56. The zero-order chi connectivity index (χ0) is 8.91. The normalized spacial score (nSPS) is 15.5. The Kier molecular flexibility index (Phi) is 4.42. The Morgan fingerprint density at radius 3 is 2.36 bits per heavy atom. The first-order valence-electron chi connectivity index (χ1n) is 3.87. The third-order valence-electron chi connectivity index (χ3n) is 1.75. The van der Waals surface area contributed by atoms with Crippen molar-refractivity contribution in [2.75, 3.05) is 5.75 Å². The van der Waals surface area contributed by atoms with Crippen LogP contribution < -0.4 is 0 Å². The lowest BCUT2D eigenvalue weighted by Crippen LogP contribution is -2.18. The Labute approximate surface area is 69.2 Å². The van der Waals surface area contributed by atoms with Crippen molar-refractivity contribution in [2.24, 2.45) is 0 Å². The van der Waals surface area contributed by atoms with Crippen molar-refractivity contribution in [3.8, 4) is 0 Å². The molecule has 11 heavy (non-hydrogen) atoms. The van der Waals surface area contributed by atoms with E-state index < -0.39 is 9.84 Å². The molecular weight excluding hydrogens is 160 g/mol. The number of hydrogen-bond acceptors (Lipinski definition) is 2. The summed E-state index contributed by atoms with van der Waals surface area (Å²) < 4.78 is 22.5. The molecule has 0 rings (SSSR count). The van der Waals surface area contributed by atoms with Crippen molar-refractivity contribution in [1.82, 2.24) is 0 Å². The van der Waals surface area contributed by atoms with E-state index in [2.05, 4.69) is 0 Å². The van der Waals surface area contributed by atoms with Crippen molar-refractivity contribution < 1.29 is 8.42 Å². The van der Waals surface area contributed by atoms with Gasteiger partial charge in [0.05, 0.1) is 11.0 Å². The first-order valence-corrected chi connectivity index (χ1v) is 5.58. The zero-order valence-corrected chi connectivity index (χ0v) is 8.19. The maximum atomic E-state index is 11.3. The van der Waals surface area contributed by atoms with Gasteiger partial charge >= 0.3 is 0 Å². The molecule has 2 nitrogen and oxygen atoms in total. The van der Waals surface area contributed by atoms with Crippen LogP contribution in [0.1, 0.15) is 27.2 Å². The Morgan fingerprint density at radius 1 is 1.45 bits per heavy atom. The van der Waals surface area contributed by atoms with Gasteiger partial charge in [0.2, 0.25) is 0 Å². The topological polar surface area (TPSA) is 34.1 Å². The quantitative estimate of drug-likeness (QED) is 0.612. The number of sulfone groups is 1. The van der Waals surface area contributed by atoms with E-state index in [1.54, 1.807) is 19.1 Å². The Balaban J connectivity index is 4.23. The van der Waals surface area contributed by atoms with Crippen molar-refractivity contribution in [3.63, 3.8) is 0 Å². The van der Waals surface area contributed by atoms with E-state index in [1.165, 1.54) is 0 Å². The summed E-state index contributed by atoms with van der Waals surface area (Å²) in [6.45, 7) is 5.46. The molecule has 0 spiro atoms. The molecule has 0 aliphatic rings. The molecule has 0 aromatic carbocycles. The molecule has 0 amide bonds. The second kappa shape index (κ2) is 4.54. The average Bonchev–Trinajstić information content (AvgIpc) is 1.99. The molecule has 0 N–H and O–H groups in total. The molecule has 0 saturated carbocycles. The number of allylic oxidation sites excluding steroid dienone is 1. The highest BCUT2D eigenvalue weighted by Crippen LogP contribution is 2.05. The highest BCUT2D eigenvalue weighted by atomic mass is 32.2. The van der Waals surface area contributed by atoms with E-state index in [1.807, 2.05) is 13.8 Å². The van der Waals surface area contributed by atoms with E-state index in [4.69, 9.17) is 0 Å². The van der Waals surface area contributed by atoms with Gasteiger partial charge in [0.15, 0.2) is 9.84 Å². The van der Waals surface area contributed by atoms with Crippen LogP contribution in [0.25, 0.3) is 0 Å². The fourth-order valence-corrected chi connectivity index (χ4v) is 1.95. The van der Waals surface area contributed by atoms with Crippen molar-refractivity contribution in [1.29, 1.82) is 0 Å². The average molecular weight is 176 g/mol. The second-order valence-electron chi connectivity index (χ2n) is 2.62. The van der Waals surface area contributed by atoms with Crippen LogP contribution in [0.3, 0.4) is 0 Å².